The Labute approximate surface area is 88.5 Å². The van der Waals surface area contributed by atoms with E-state index in [2.05, 4.69) is 5.32 Å². The summed E-state index contributed by atoms with van der Waals surface area (Å²) < 4.78 is 12.9. The molecule has 80 valence electrons. The Morgan fingerprint density at radius 1 is 1.53 bits per heavy atom. The molecule has 0 radical (unpaired) electrons. The maximum Gasteiger partial charge on any atom is 0.223 e. The number of nitrogens with one attached hydrogen (secondary N) is 1. The van der Waals surface area contributed by atoms with Gasteiger partial charge >= 0.3 is 0 Å². The van der Waals surface area contributed by atoms with Crippen molar-refractivity contribution in [2.24, 2.45) is 5.92 Å². The number of carbonyl (C=O) groups excluding carboxylic acids is 1. The predicted molar refractivity (Wildman–Crippen MR) is 55.7 cm³/mol. The van der Waals surface area contributed by atoms with E-state index in [-0.39, 0.29) is 23.7 Å². The van der Waals surface area contributed by atoms with E-state index in [0.717, 1.165) is 18.4 Å². The van der Waals surface area contributed by atoms with Crippen molar-refractivity contribution >= 4 is 5.91 Å². The van der Waals surface area contributed by atoms with Gasteiger partial charge in [0.1, 0.15) is 5.82 Å². The van der Waals surface area contributed by atoms with Crippen LogP contribution in [0.15, 0.2) is 24.3 Å². The van der Waals surface area contributed by atoms with Crippen molar-refractivity contribution in [3.05, 3.63) is 35.6 Å². The second-order valence-corrected chi connectivity index (χ2v) is 4.06. The Balaban J connectivity index is 2.00. The van der Waals surface area contributed by atoms with Gasteiger partial charge in [-0.1, -0.05) is 12.1 Å². The van der Waals surface area contributed by atoms with Gasteiger partial charge in [-0.25, -0.2) is 4.39 Å². The first kappa shape index (κ1) is 10.1. The van der Waals surface area contributed by atoms with E-state index < -0.39 is 0 Å². The smallest absolute Gasteiger partial charge is 0.223 e. The van der Waals surface area contributed by atoms with Crippen molar-refractivity contribution in [2.45, 2.75) is 25.8 Å². The molecule has 1 fully saturated rings. The number of hydrogen-bond acceptors (Lipinski definition) is 1. The molecule has 0 bridgehead atoms. The van der Waals surface area contributed by atoms with E-state index in [1.54, 1.807) is 6.07 Å². The topological polar surface area (TPSA) is 29.1 Å². The molecule has 2 rings (SSSR count). The first-order valence-electron chi connectivity index (χ1n) is 5.22. The van der Waals surface area contributed by atoms with Crippen LogP contribution >= 0.6 is 0 Å². The van der Waals surface area contributed by atoms with Gasteiger partial charge in [-0.05, 0) is 37.5 Å². The number of halogens is 1. The molecular weight excluding hydrogens is 193 g/mol. The molecule has 3 heteroatoms. The van der Waals surface area contributed by atoms with Gasteiger partial charge in [-0.2, -0.15) is 0 Å². The van der Waals surface area contributed by atoms with Gasteiger partial charge < -0.3 is 5.32 Å². The largest absolute Gasteiger partial charge is 0.349 e. The Morgan fingerprint density at radius 2 is 2.27 bits per heavy atom. The molecule has 1 atom stereocenters. The molecule has 0 spiro atoms. The van der Waals surface area contributed by atoms with E-state index in [9.17, 15) is 9.18 Å². The van der Waals surface area contributed by atoms with Crippen LogP contribution in [0, 0.1) is 11.7 Å². The lowest BCUT2D eigenvalue weighted by molar-refractivity contribution is -0.122. The van der Waals surface area contributed by atoms with Crippen LogP contribution in [0.1, 0.15) is 31.4 Å². The van der Waals surface area contributed by atoms with Crippen LogP contribution < -0.4 is 5.32 Å². The summed E-state index contributed by atoms with van der Waals surface area (Å²) in [7, 11) is 0. The third-order valence-corrected chi connectivity index (χ3v) is 2.66. The summed E-state index contributed by atoms with van der Waals surface area (Å²) in [6, 6.07) is 6.22. The van der Waals surface area contributed by atoms with Crippen LogP contribution in [-0.4, -0.2) is 5.91 Å². The average Bonchev–Trinajstić information content (AvgIpc) is 3.00. The summed E-state index contributed by atoms with van der Waals surface area (Å²) in [6.45, 7) is 1.87. The zero-order valence-corrected chi connectivity index (χ0v) is 8.66. The van der Waals surface area contributed by atoms with Crippen LogP contribution in [0.3, 0.4) is 0 Å². The van der Waals surface area contributed by atoms with Crippen molar-refractivity contribution in [3.8, 4) is 0 Å². The van der Waals surface area contributed by atoms with Gasteiger partial charge in [0, 0.05) is 5.92 Å². The van der Waals surface area contributed by atoms with E-state index >= 15 is 0 Å². The number of carbonyl (C=O) groups is 1. The molecule has 1 aromatic carbocycles. The van der Waals surface area contributed by atoms with Gasteiger partial charge in [-0.3, -0.25) is 4.79 Å². The fourth-order valence-electron chi connectivity index (χ4n) is 1.54. The molecule has 15 heavy (non-hydrogen) atoms. The molecule has 1 aromatic rings. The summed E-state index contributed by atoms with van der Waals surface area (Å²) in [5.74, 6) is 0.0211. The number of benzene rings is 1. The standard InChI is InChI=1S/C12H14FNO/c1-8(14-12(15)9-5-6-9)10-3-2-4-11(13)7-10/h2-4,7-9H,5-6H2,1H3,(H,14,15)/t8-/m1/s1. The molecule has 1 amide bonds. The van der Waals surface area contributed by atoms with Crippen molar-refractivity contribution in [1.29, 1.82) is 0 Å². The van der Waals surface area contributed by atoms with Crippen molar-refractivity contribution < 1.29 is 9.18 Å². The number of amides is 1. The van der Waals surface area contributed by atoms with Gasteiger partial charge in [0.2, 0.25) is 5.91 Å². The molecule has 1 N–H and O–H groups in total. The van der Waals surface area contributed by atoms with Gasteiger partial charge in [0.25, 0.3) is 0 Å². The van der Waals surface area contributed by atoms with Crippen LogP contribution in [0.4, 0.5) is 4.39 Å². The normalized spacial score (nSPS) is 17.2. The molecule has 2 nitrogen and oxygen atoms in total. The second-order valence-electron chi connectivity index (χ2n) is 4.06. The van der Waals surface area contributed by atoms with Crippen molar-refractivity contribution in [1.82, 2.24) is 5.32 Å². The summed E-state index contributed by atoms with van der Waals surface area (Å²) in [4.78, 5) is 11.5. The van der Waals surface area contributed by atoms with E-state index in [4.69, 9.17) is 0 Å². The summed E-state index contributed by atoms with van der Waals surface area (Å²) >= 11 is 0. The van der Waals surface area contributed by atoms with Crippen LogP contribution in [0.5, 0.6) is 0 Å². The first-order valence-corrected chi connectivity index (χ1v) is 5.22. The minimum Gasteiger partial charge on any atom is -0.349 e. The Kier molecular flexibility index (Phi) is 2.71. The molecule has 0 aliphatic heterocycles. The van der Waals surface area contributed by atoms with Gasteiger partial charge in [0.05, 0.1) is 6.04 Å². The highest BCUT2D eigenvalue weighted by Crippen LogP contribution is 2.29. The summed E-state index contributed by atoms with van der Waals surface area (Å²) in [6.07, 6.45) is 1.98. The molecule has 0 aromatic heterocycles. The van der Waals surface area contributed by atoms with E-state index in [1.165, 1.54) is 12.1 Å². The highest BCUT2D eigenvalue weighted by atomic mass is 19.1. The van der Waals surface area contributed by atoms with Crippen molar-refractivity contribution in [2.75, 3.05) is 0 Å². The Morgan fingerprint density at radius 3 is 2.87 bits per heavy atom. The summed E-state index contributed by atoms with van der Waals surface area (Å²) in [5.41, 5.74) is 0.809. The fourth-order valence-corrected chi connectivity index (χ4v) is 1.54. The monoisotopic (exact) mass is 207 g/mol. The summed E-state index contributed by atoms with van der Waals surface area (Å²) in [5, 5.41) is 2.88. The molecule has 0 unspecified atom stereocenters. The van der Waals surface area contributed by atoms with Gasteiger partial charge in [-0.15, -0.1) is 0 Å². The zero-order valence-electron chi connectivity index (χ0n) is 8.66. The maximum atomic E-state index is 12.9. The van der Waals surface area contributed by atoms with E-state index in [0.29, 0.717) is 0 Å². The van der Waals surface area contributed by atoms with Crippen LogP contribution in [0.25, 0.3) is 0 Å². The predicted octanol–water partition coefficient (Wildman–Crippen LogP) is 2.41. The molecule has 0 heterocycles. The fraction of sp³-hybridized carbons (Fsp3) is 0.417. The molecule has 1 aliphatic carbocycles. The minimum atomic E-state index is -0.264. The molecule has 0 saturated heterocycles. The third kappa shape index (κ3) is 2.55. The lowest BCUT2D eigenvalue weighted by Crippen LogP contribution is -2.27. The van der Waals surface area contributed by atoms with Crippen molar-refractivity contribution in [3.63, 3.8) is 0 Å². The van der Waals surface area contributed by atoms with Crippen LogP contribution in [-0.2, 0) is 4.79 Å². The quantitative estimate of drug-likeness (QED) is 0.810. The Hall–Kier alpha value is -1.38. The highest BCUT2D eigenvalue weighted by molar-refractivity contribution is 5.81. The number of hydrogen-bond donors (Lipinski definition) is 1. The van der Waals surface area contributed by atoms with E-state index in [1.807, 2.05) is 13.0 Å². The molecule has 1 saturated carbocycles. The SMILES string of the molecule is C[C@@H](NC(=O)C1CC1)c1cccc(F)c1. The van der Waals surface area contributed by atoms with Gasteiger partial charge in [0.15, 0.2) is 0 Å². The number of rotatable bonds is 3. The second kappa shape index (κ2) is 4.01. The lowest BCUT2D eigenvalue weighted by atomic mass is 10.1. The lowest BCUT2D eigenvalue weighted by Gasteiger charge is -2.13. The minimum absolute atomic E-state index is 0.0896. The highest BCUT2D eigenvalue weighted by Gasteiger charge is 2.30. The molecule has 1 aliphatic rings. The molecular formula is C12H14FNO. The average molecular weight is 207 g/mol. The zero-order chi connectivity index (χ0) is 10.8. The first-order chi connectivity index (χ1) is 7.16. The third-order valence-electron chi connectivity index (χ3n) is 2.66. The maximum absolute atomic E-state index is 12.9. The van der Waals surface area contributed by atoms with Crippen LogP contribution in [0.2, 0.25) is 0 Å². The Bertz CT molecular complexity index is 374.